The Kier molecular flexibility index (Phi) is 4.02. The van der Waals surface area contributed by atoms with E-state index in [1.165, 1.54) is 4.90 Å². The third-order valence-electron chi connectivity index (χ3n) is 3.28. The molecule has 0 saturated carbocycles. The van der Waals surface area contributed by atoms with Gasteiger partial charge in [-0.05, 0) is 24.6 Å². The van der Waals surface area contributed by atoms with Gasteiger partial charge in [-0.25, -0.2) is 8.42 Å². The predicted molar refractivity (Wildman–Crippen MR) is 79.9 cm³/mol. The first-order chi connectivity index (χ1) is 9.26. The number of carbonyl (C=O) groups is 2. The summed E-state index contributed by atoms with van der Waals surface area (Å²) < 4.78 is 23.9. The Morgan fingerprint density at radius 2 is 1.90 bits per heavy atom. The number of carbonyl (C=O) groups excluding carboxylic acids is 2. The van der Waals surface area contributed by atoms with Crippen molar-refractivity contribution in [2.45, 2.75) is 13.8 Å². The lowest BCUT2D eigenvalue weighted by molar-refractivity contribution is -0.114. The maximum absolute atomic E-state index is 12.0. The molecule has 0 fully saturated rings. The van der Waals surface area contributed by atoms with Gasteiger partial charge in [-0.2, -0.15) is 0 Å². The Labute approximate surface area is 126 Å². The highest BCUT2D eigenvalue weighted by atomic mass is 79.9. The van der Waals surface area contributed by atoms with Crippen LogP contribution in [0.15, 0.2) is 16.6 Å². The third kappa shape index (κ3) is 2.64. The number of benzene rings is 1. The van der Waals surface area contributed by atoms with Crippen LogP contribution in [0, 0.1) is 6.92 Å². The minimum atomic E-state index is -3.19. The molecule has 1 aromatic rings. The number of anilines is 1. The minimum absolute atomic E-state index is 0.0101. The molecule has 5 nitrogen and oxygen atoms in total. The van der Waals surface area contributed by atoms with E-state index in [-0.39, 0.29) is 18.1 Å². The smallest absolute Gasteiger partial charge is 0.299 e. The van der Waals surface area contributed by atoms with Gasteiger partial charge in [0.05, 0.1) is 17.0 Å². The van der Waals surface area contributed by atoms with Gasteiger partial charge >= 0.3 is 0 Å². The van der Waals surface area contributed by atoms with Crippen LogP contribution in [0.1, 0.15) is 22.8 Å². The van der Waals surface area contributed by atoms with E-state index in [9.17, 15) is 18.0 Å². The monoisotopic (exact) mass is 359 g/mol. The van der Waals surface area contributed by atoms with Crippen LogP contribution in [0.2, 0.25) is 0 Å². The lowest BCUT2D eigenvalue weighted by Crippen LogP contribution is -2.34. The topological polar surface area (TPSA) is 71.5 Å². The van der Waals surface area contributed by atoms with Crippen molar-refractivity contribution in [3.05, 3.63) is 27.7 Å². The van der Waals surface area contributed by atoms with Crippen molar-refractivity contribution in [1.29, 1.82) is 0 Å². The van der Waals surface area contributed by atoms with Crippen LogP contribution in [0.4, 0.5) is 5.69 Å². The van der Waals surface area contributed by atoms with Crippen LogP contribution < -0.4 is 4.90 Å². The molecule has 0 atom stereocenters. The summed E-state index contributed by atoms with van der Waals surface area (Å²) in [4.78, 5) is 25.2. The molecule has 0 spiro atoms. The van der Waals surface area contributed by atoms with E-state index in [1.54, 1.807) is 26.0 Å². The summed E-state index contributed by atoms with van der Waals surface area (Å²) in [5.41, 5.74) is 1.62. The maximum atomic E-state index is 12.0. The number of sulfone groups is 1. The van der Waals surface area contributed by atoms with Crippen LogP contribution in [0.3, 0.4) is 0 Å². The molecule has 0 bridgehead atoms. The van der Waals surface area contributed by atoms with E-state index >= 15 is 0 Å². The largest absolute Gasteiger partial charge is 0.303 e. The van der Waals surface area contributed by atoms with Crippen molar-refractivity contribution in [2.24, 2.45) is 0 Å². The fourth-order valence-corrected chi connectivity index (χ4v) is 3.52. The summed E-state index contributed by atoms with van der Waals surface area (Å²) in [6.07, 6.45) is 0. The number of fused-ring (bicyclic) bond motifs is 1. The van der Waals surface area contributed by atoms with Crippen molar-refractivity contribution in [3.8, 4) is 0 Å². The van der Waals surface area contributed by atoms with Crippen LogP contribution in [-0.2, 0) is 14.6 Å². The number of Topliss-reactive ketones (excluding diaryl/α,β-unsaturated/α-hetero) is 1. The van der Waals surface area contributed by atoms with Crippen molar-refractivity contribution < 1.29 is 18.0 Å². The Hall–Kier alpha value is -1.21. The van der Waals surface area contributed by atoms with E-state index in [2.05, 4.69) is 15.9 Å². The highest BCUT2D eigenvalue weighted by Crippen LogP contribution is 2.34. The number of rotatable bonds is 4. The molecule has 1 amide bonds. The van der Waals surface area contributed by atoms with Crippen LogP contribution in [-0.4, -0.2) is 38.2 Å². The normalized spacial score (nSPS) is 14.8. The maximum Gasteiger partial charge on any atom is 0.299 e. The summed E-state index contributed by atoms with van der Waals surface area (Å²) in [7, 11) is -3.19. The van der Waals surface area contributed by atoms with E-state index in [4.69, 9.17) is 0 Å². The van der Waals surface area contributed by atoms with Crippen molar-refractivity contribution in [1.82, 2.24) is 0 Å². The van der Waals surface area contributed by atoms with Gasteiger partial charge in [0.2, 0.25) is 0 Å². The highest BCUT2D eigenvalue weighted by Gasteiger charge is 2.37. The Morgan fingerprint density at radius 1 is 1.25 bits per heavy atom. The highest BCUT2D eigenvalue weighted by molar-refractivity contribution is 9.10. The van der Waals surface area contributed by atoms with E-state index in [0.717, 1.165) is 10.0 Å². The fourth-order valence-electron chi connectivity index (χ4n) is 2.19. The quantitative estimate of drug-likeness (QED) is 0.767. The first-order valence-corrected chi connectivity index (χ1v) is 8.75. The van der Waals surface area contributed by atoms with E-state index in [0.29, 0.717) is 11.3 Å². The summed E-state index contributed by atoms with van der Waals surface area (Å²) >= 11 is 3.29. The summed E-state index contributed by atoms with van der Waals surface area (Å²) in [5, 5.41) is 0. The molecule has 1 aromatic carbocycles. The Morgan fingerprint density at radius 3 is 2.50 bits per heavy atom. The number of hydrogen-bond donors (Lipinski definition) is 0. The van der Waals surface area contributed by atoms with Gasteiger partial charge < -0.3 is 4.90 Å². The molecule has 0 aliphatic carbocycles. The van der Waals surface area contributed by atoms with E-state index < -0.39 is 21.5 Å². The molecule has 2 rings (SSSR count). The van der Waals surface area contributed by atoms with E-state index in [1.807, 2.05) is 0 Å². The summed E-state index contributed by atoms with van der Waals surface area (Å²) in [5.74, 6) is -1.36. The molecule has 0 unspecified atom stereocenters. The van der Waals surface area contributed by atoms with Crippen molar-refractivity contribution in [3.63, 3.8) is 0 Å². The number of aryl methyl sites for hydroxylation is 1. The fraction of sp³-hybridized carbons (Fsp3) is 0.385. The molecule has 20 heavy (non-hydrogen) atoms. The summed E-state index contributed by atoms with van der Waals surface area (Å²) in [6, 6.07) is 3.39. The molecule has 0 saturated heterocycles. The van der Waals surface area contributed by atoms with Crippen LogP contribution >= 0.6 is 15.9 Å². The minimum Gasteiger partial charge on any atom is -0.303 e. The Balaban J connectivity index is 2.39. The average Bonchev–Trinajstić information content (AvgIpc) is 2.61. The molecule has 1 heterocycles. The first-order valence-electron chi connectivity index (χ1n) is 6.13. The van der Waals surface area contributed by atoms with Gasteiger partial charge in [-0.15, -0.1) is 0 Å². The molecule has 0 radical (unpaired) electrons. The second-order valence-electron chi connectivity index (χ2n) is 4.64. The number of amides is 1. The lowest BCUT2D eigenvalue weighted by Gasteiger charge is -2.18. The zero-order valence-corrected chi connectivity index (χ0v) is 13.5. The zero-order chi connectivity index (χ0) is 15.1. The molecule has 108 valence electrons. The van der Waals surface area contributed by atoms with Gasteiger partial charge in [0.25, 0.3) is 11.7 Å². The molecular formula is C13H14BrNO4S. The predicted octanol–water partition coefficient (Wildman–Crippen LogP) is 1.72. The van der Waals surface area contributed by atoms with Gasteiger partial charge in [0.1, 0.15) is 0 Å². The average molecular weight is 360 g/mol. The molecular weight excluding hydrogens is 346 g/mol. The second kappa shape index (κ2) is 5.29. The van der Waals surface area contributed by atoms with Gasteiger partial charge in [0, 0.05) is 16.8 Å². The number of ketones is 1. The SMILES string of the molecule is CCS(=O)(=O)CCN1C(=O)C(=O)c2cc(Br)cc(C)c21. The molecule has 0 aromatic heterocycles. The van der Waals surface area contributed by atoms with Gasteiger partial charge in [-0.1, -0.05) is 22.9 Å². The van der Waals surface area contributed by atoms with Crippen LogP contribution in [0.5, 0.6) is 0 Å². The second-order valence-corrected chi connectivity index (χ2v) is 8.03. The molecule has 1 aliphatic rings. The number of hydrogen-bond acceptors (Lipinski definition) is 4. The van der Waals surface area contributed by atoms with Crippen molar-refractivity contribution in [2.75, 3.05) is 23.0 Å². The van der Waals surface area contributed by atoms with Gasteiger partial charge in [0.15, 0.2) is 9.84 Å². The van der Waals surface area contributed by atoms with Crippen molar-refractivity contribution >= 4 is 43.1 Å². The number of halogens is 1. The lowest BCUT2D eigenvalue weighted by atomic mass is 10.1. The molecule has 7 heteroatoms. The van der Waals surface area contributed by atoms with Crippen LogP contribution in [0.25, 0.3) is 0 Å². The first kappa shape index (κ1) is 15.2. The Bertz CT molecular complexity index is 697. The third-order valence-corrected chi connectivity index (χ3v) is 5.43. The summed E-state index contributed by atoms with van der Waals surface area (Å²) in [6.45, 7) is 3.36. The number of nitrogens with zero attached hydrogens (tertiary/aromatic N) is 1. The zero-order valence-electron chi connectivity index (χ0n) is 11.1. The molecule has 1 aliphatic heterocycles. The standard InChI is InChI=1S/C13H14BrNO4S/c1-3-20(18,19)5-4-15-11-8(2)6-9(14)7-10(11)12(16)13(15)17/h6-7H,3-5H2,1-2H3. The van der Waals surface area contributed by atoms with Gasteiger partial charge in [-0.3, -0.25) is 9.59 Å². The molecule has 0 N–H and O–H groups in total.